The number of aryl methyl sites for hydroxylation is 1. The van der Waals surface area contributed by atoms with E-state index in [0.29, 0.717) is 18.0 Å². The summed E-state index contributed by atoms with van der Waals surface area (Å²) in [6, 6.07) is 9.25. The maximum atomic E-state index is 13.5. The zero-order valence-corrected chi connectivity index (χ0v) is 14.8. The van der Waals surface area contributed by atoms with Gasteiger partial charge in [-0.3, -0.25) is 4.99 Å². The number of fused-ring (bicyclic) bond motifs is 1. The monoisotopic (exact) mass is 348 g/mol. The fraction of sp³-hybridized carbons (Fsp3) is 0.318. The van der Waals surface area contributed by atoms with Crippen molar-refractivity contribution in [1.29, 1.82) is 0 Å². The van der Waals surface area contributed by atoms with Crippen molar-refractivity contribution < 1.29 is 9.13 Å². The zero-order chi connectivity index (χ0) is 17.9. The average molecular weight is 348 g/mol. The zero-order valence-electron chi connectivity index (χ0n) is 14.8. The molecule has 2 aromatic carbocycles. The highest BCUT2D eigenvalue weighted by atomic mass is 19.1. The number of aliphatic imine (C=N–C) groups is 1. The van der Waals surface area contributed by atoms with Crippen molar-refractivity contribution in [2.24, 2.45) is 10.9 Å². The van der Waals surface area contributed by atoms with Gasteiger partial charge in [-0.05, 0) is 66.8 Å². The van der Waals surface area contributed by atoms with Gasteiger partial charge in [0.15, 0.2) is 0 Å². The van der Waals surface area contributed by atoms with Crippen molar-refractivity contribution in [2.75, 3.05) is 18.5 Å². The summed E-state index contributed by atoms with van der Waals surface area (Å²) < 4.78 is 19.0. The Hall–Kier alpha value is -2.64. The Morgan fingerprint density at radius 1 is 1.19 bits per heavy atom. The SMILES string of the molecule is Cc1cc(Nc2cc3c(cc2C#CC2CCOCC2)CN=C3)ccc1F. The van der Waals surface area contributed by atoms with E-state index in [0.717, 1.165) is 48.6 Å². The fourth-order valence-corrected chi connectivity index (χ4v) is 3.27. The number of hydrogen-bond donors (Lipinski definition) is 1. The minimum absolute atomic E-state index is 0.198. The lowest BCUT2D eigenvalue weighted by atomic mass is 9.99. The first kappa shape index (κ1) is 16.8. The van der Waals surface area contributed by atoms with Crippen LogP contribution in [0.25, 0.3) is 0 Å². The summed E-state index contributed by atoms with van der Waals surface area (Å²) in [5.41, 5.74) is 5.68. The molecule has 132 valence electrons. The van der Waals surface area contributed by atoms with E-state index in [4.69, 9.17) is 4.74 Å². The number of ether oxygens (including phenoxy) is 1. The third kappa shape index (κ3) is 3.63. The third-order valence-corrected chi connectivity index (χ3v) is 4.84. The number of anilines is 2. The summed E-state index contributed by atoms with van der Waals surface area (Å²) >= 11 is 0. The molecule has 2 aromatic rings. The standard InChI is InChI=1S/C22H21FN2O/c1-15-10-20(4-5-21(15)23)25-22-12-19-14-24-13-18(19)11-17(22)3-2-16-6-8-26-9-7-16/h4-5,10-12,14,16,25H,6-9,13H2,1H3. The van der Waals surface area contributed by atoms with Gasteiger partial charge in [-0.25, -0.2) is 4.39 Å². The summed E-state index contributed by atoms with van der Waals surface area (Å²) in [5, 5.41) is 3.40. The lowest BCUT2D eigenvalue weighted by Crippen LogP contribution is -2.13. The first-order valence-corrected chi connectivity index (χ1v) is 8.98. The summed E-state index contributed by atoms with van der Waals surface area (Å²) in [6.07, 6.45) is 3.87. The van der Waals surface area contributed by atoms with Gasteiger partial charge in [0.25, 0.3) is 0 Å². The highest BCUT2D eigenvalue weighted by Crippen LogP contribution is 2.28. The Kier molecular flexibility index (Phi) is 4.73. The molecule has 3 nitrogen and oxygen atoms in total. The molecule has 4 heteroatoms. The van der Waals surface area contributed by atoms with Crippen molar-refractivity contribution in [2.45, 2.75) is 26.3 Å². The van der Waals surface area contributed by atoms with E-state index in [9.17, 15) is 4.39 Å². The summed E-state index contributed by atoms with van der Waals surface area (Å²) in [6.45, 7) is 4.05. The van der Waals surface area contributed by atoms with Crippen LogP contribution >= 0.6 is 0 Å². The minimum Gasteiger partial charge on any atom is -0.381 e. The van der Waals surface area contributed by atoms with Crippen LogP contribution in [0.5, 0.6) is 0 Å². The molecule has 1 N–H and O–H groups in total. The molecule has 0 atom stereocenters. The molecule has 0 spiro atoms. The van der Waals surface area contributed by atoms with Crippen molar-refractivity contribution in [3.05, 3.63) is 58.4 Å². The van der Waals surface area contributed by atoms with Crippen LogP contribution in [0.1, 0.15) is 35.1 Å². The number of nitrogens with zero attached hydrogens (tertiary/aromatic N) is 1. The Bertz CT molecular complexity index is 918. The number of nitrogens with one attached hydrogen (secondary N) is 1. The molecule has 1 fully saturated rings. The van der Waals surface area contributed by atoms with Crippen LogP contribution in [-0.2, 0) is 11.3 Å². The van der Waals surface area contributed by atoms with Crippen molar-refractivity contribution in [3.8, 4) is 11.8 Å². The molecule has 0 saturated carbocycles. The lowest BCUT2D eigenvalue weighted by Gasteiger charge is -2.17. The van der Waals surface area contributed by atoms with Crippen molar-refractivity contribution in [1.82, 2.24) is 0 Å². The molecule has 0 aromatic heterocycles. The first-order valence-electron chi connectivity index (χ1n) is 8.98. The van der Waals surface area contributed by atoms with Gasteiger partial charge in [0.2, 0.25) is 0 Å². The molecule has 2 aliphatic heterocycles. The summed E-state index contributed by atoms with van der Waals surface area (Å²) in [7, 11) is 0. The van der Waals surface area contributed by atoms with Gasteiger partial charge in [-0.1, -0.05) is 11.8 Å². The molecule has 1 saturated heterocycles. The molecule has 0 unspecified atom stereocenters. The second kappa shape index (κ2) is 7.31. The number of halogens is 1. The fourth-order valence-electron chi connectivity index (χ4n) is 3.27. The van der Waals surface area contributed by atoms with Gasteiger partial charge < -0.3 is 10.1 Å². The predicted octanol–water partition coefficient (Wildman–Crippen LogP) is 4.59. The quantitative estimate of drug-likeness (QED) is 0.806. The van der Waals surface area contributed by atoms with Crippen LogP contribution in [0.4, 0.5) is 15.8 Å². The van der Waals surface area contributed by atoms with Crippen LogP contribution in [0.2, 0.25) is 0 Å². The van der Waals surface area contributed by atoms with E-state index < -0.39 is 0 Å². The van der Waals surface area contributed by atoms with Crippen LogP contribution in [-0.4, -0.2) is 19.4 Å². The van der Waals surface area contributed by atoms with Crippen LogP contribution in [0, 0.1) is 30.5 Å². The Balaban J connectivity index is 1.66. The van der Waals surface area contributed by atoms with Gasteiger partial charge >= 0.3 is 0 Å². The second-order valence-corrected chi connectivity index (χ2v) is 6.81. The smallest absolute Gasteiger partial charge is 0.126 e. The third-order valence-electron chi connectivity index (χ3n) is 4.84. The molecular weight excluding hydrogens is 327 g/mol. The molecular formula is C22H21FN2O. The Labute approximate surface area is 153 Å². The minimum atomic E-state index is -0.198. The van der Waals surface area contributed by atoms with E-state index >= 15 is 0 Å². The molecule has 4 rings (SSSR count). The van der Waals surface area contributed by atoms with Crippen molar-refractivity contribution >= 4 is 17.6 Å². The van der Waals surface area contributed by atoms with Crippen LogP contribution < -0.4 is 5.32 Å². The largest absolute Gasteiger partial charge is 0.381 e. The molecule has 0 radical (unpaired) electrons. The van der Waals surface area contributed by atoms with Gasteiger partial charge in [0.1, 0.15) is 5.82 Å². The summed E-state index contributed by atoms with van der Waals surface area (Å²) in [4.78, 5) is 4.35. The normalized spacial score (nSPS) is 16.1. The predicted molar refractivity (Wildman–Crippen MR) is 103 cm³/mol. The Morgan fingerprint density at radius 3 is 2.85 bits per heavy atom. The lowest BCUT2D eigenvalue weighted by molar-refractivity contribution is 0.0807. The highest BCUT2D eigenvalue weighted by Gasteiger charge is 2.13. The maximum absolute atomic E-state index is 13.5. The Morgan fingerprint density at radius 2 is 2.04 bits per heavy atom. The number of rotatable bonds is 2. The van der Waals surface area contributed by atoms with Crippen molar-refractivity contribution in [3.63, 3.8) is 0 Å². The van der Waals surface area contributed by atoms with Gasteiger partial charge in [-0.15, -0.1) is 0 Å². The van der Waals surface area contributed by atoms with E-state index in [-0.39, 0.29) is 5.82 Å². The average Bonchev–Trinajstić information content (AvgIpc) is 3.11. The first-order chi connectivity index (χ1) is 12.7. The molecule has 0 aliphatic carbocycles. The van der Waals surface area contributed by atoms with E-state index in [2.05, 4.69) is 34.3 Å². The van der Waals surface area contributed by atoms with E-state index in [1.54, 1.807) is 13.0 Å². The van der Waals surface area contributed by atoms with Gasteiger partial charge in [0, 0.05) is 36.6 Å². The number of hydrogen-bond acceptors (Lipinski definition) is 3. The van der Waals surface area contributed by atoms with E-state index in [1.807, 2.05) is 12.3 Å². The molecule has 0 amide bonds. The maximum Gasteiger partial charge on any atom is 0.126 e. The van der Waals surface area contributed by atoms with E-state index in [1.165, 1.54) is 11.6 Å². The molecule has 2 heterocycles. The van der Waals surface area contributed by atoms with Crippen LogP contribution in [0.15, 0.2) is 35.3 Å². The van der Waals surface area contributed by atoms with Gasteiger partial charge in [-0.2, -0.15) is 0 Å². The van der Waals surface area contributed by atoms with Crippen LogP contribution in [0.3, 0.4) is 0 Å². The molecule has 2 aliphatic rings. The molecule has 0 bridgehead atoms. The number of benzene rings is 2. The van der Waals surface area contributed by atoms with Gasteiger partial charge in [0.05, 0.1) is 12.2 Å². The highest BCUT2D eigenvalue weighted by molar-refractivity contribution is 5.88. The second-order valence-electron chi connectivity index (χ2n) is 6.81. The molecule has 26 heavy (non-hydrogen) atoms. The summed E-state index contributed by atoms with van der Waals surface area (Å²) in [5.74, 6) is 6.95. The topological polar surface area (TPSA) is 33.6 Å².